The lowest BCUT2D eigenvalue weighted by atomic mass is 10.1. The van der Waals surface area contributed by atoms with E-state index in [4.69, 9.17) is 25.6 Å². The summed E-state index contributed by atoms with van der Waals surface area (Å²) in [4.78, 5) is 8.05. The van der Waals surface area contributed by atoms with Gasteiger partial charge in [-0.05, 0) is 19.3 Å². The second-order valence-electron chi connectivity index (χ2n) is 4.44. The van der Waals surface area contributed by atoms with E-state index in [2.05, 4.69) is 9.97 Å². The summed E-state index contributed by atoms with van der Waals surface area (Å²) in [5.74, 6) is 0.174. The first-order chi connectivity index (χ1) is 9.87. The van der Waals surface area contributed by atoms with Crippen molar-refractivity contribution >= 4 is 21.7 Å². The fourth-order valence-corrected chi connectivity index (χ4v) is 2.65. The van der Waals surface area contributed by atoms with Gasteiger partial charge < -0.3 is 9.47 Å². The third-order valence-corrected chi connectivity index (χ3v) is 3.97. The van der Waals surface area contributed by atoms with Crippen LogP contribution in [-0.4, -0.2) is 42.9 Å². The van der Waals surface area contributed by atoms with Crippen molar-refractivity contribution in [2.24, 2.45) is 0 Å². The third-order valence-electron chi connectivity index (χ3n) is 2.85. The second kappa shape index (κ2) is 8.35. The number of ether oxygens (including phenoxy) is 2. The van der Waals surface area contributed by atoms with E-state index in [9.17, 15) is 8.42 Å². The molecule has 1 N–H and O–H groups in total. The summed E-state index contributed by atoms with van der Waals surface area (Å²) >= 11 is 6.07. The van der Waals surface area contributed by atoms with Crippen LogP contribution >= 0.6 is 11.6 Å². The van der Waals surface area contributed by atoms with E-state index in [-0.39, 0.29) is 16.9 Å². The van der Waals surface area contributed by atoms with Crippen molar-refractivity contribution in [2.45, 2.75) is 32.1 Å². The van der Waals surface area contributed by atoms with Gasteiger partial charge in [0.2, 0.25) is 5.88 Å². The van der Waals surface area contributed by atoms with Crippen molar-refractivity contribution in [3.05, 3.63) is 10.7 Å². The van der Waals surface area contributed by atoms with Gasteiger partial charge in [-0.25, -0.2) is 0 Å². The van der Waals surface area contributed by atoms with E-state index in [0.29, 0.717) is 30.7 Å². The molecule has 0 aliphatic rings. The maximum Gasteiger partial charge on any atom is 0.320 e. The molecule has 0 saturated heterocycles. The van der Waals surface area contributed by atoms with Crippen LogP contribution < -0.4 is 9.47 Å². The smallest absolute Gasteiger partial charge is 0.320 e. The maximum absolute atomic E-state index is 10.6. The molecule has 0 atom stereocenters. The SMILES string of the molecule is COc1nc(Cl)c(CCCCCCS(=O)(=O)O)c(OC)n1. The molecule has 0 aromatic carbocycles. The molecule has 0 bridgehead atoms. The number of aromatic nitrogens is 2. The van der Waals surface area contributed by atoms with Gasteiger partial charge >= 0.3 is 6.01 Å². The first-order valence-corrected chi connectivity index (χ1v) is 8.45. The molecule has 9 heteroatoms. The summed E-state index contributed by atoms with van der Waals surface area (Å²) in [6.07, 6.45) is 3.36. The minimum Gasteiger partial charge on any atom is -0.481 e. The quantitative estimate of drug-likeness (QED) is 0.418. The summed E-state index contributed by atoms with van der Waals surface area (Å²) in [5.41, 5.74) is 0.703. The van der Waals surface area contributed by atoms with E-state index in [1.807, 2.05) is 0 Å². The van der Waals surface area contributed by atoms with Crippen LogP contribution in [0.4, 0.5) is 0 Å². The van der Waals surface area contributed by atoms with Crippen LogP contribution in [0.25, 0.3) is 0 Å². The molecule has 21 heavy (non-hydrogen) atoms. The van der Waals surface area contributed by atoms with Gasteiger partial charge in [0.1, 0.15) is 5.15 Å². The van der Waals surface area contributed by atoms with E-state index < -0.39 is 10.1 Å². The van der Waals surface area contributed by atoms with E-state index in [1.165, 1.54) is 14.2 Å². The topological polar surface area (TPSA) is 98.6 Å². The molecule has 0 spiro atoms. The van der Waals surface area contributed by atoms with Gasteiger partial charge in [0.25, 0.3) is 10.1 Å². The molecule has 1 rings (SSSR count). The van der Waals surface area contributed by atoms with Crippen molar-refractivity contribution in [3.63, 3.8) is 0 Å². The lowest BCUT2D eigenvalue weighted by Crippen LogP contribution is -2.04. The Kier molecular flexibility index (Phi) is 7.13. The highest BCUT2D eigenvalue weighted by molar-refractivity contribution is 7.85. The number of nitrogens with zero attached hydrogens (tertiary/aromatic N) is 2. The molecule has 7 nitrogen and oxygen atoms in total. The van der Waals surface area contributed by atoms with Crippen LogP contribution in [0.2, 0.25) is 5.15 Å². The van der Waals surface area contributed by atoms with Crippen LogP contribution in [0.5, 0.6) is 11.9 Å². The second-order valence-corrected chi connectivity index (χ2v) is 6.37. The van der Waals surface area contributed by atoms with Crippen LogP contribution in [0, 0.1) is 0 Å². The van der Waals surface area contributed by atoms with Crippen LogP contribution in [0.1, 0.15) is 31.2 Å². The minimum absolute atomic E-state index is 0.147. The van der Waals surface area contributed by atoms with E-state index in [1.54, 1.807) is 0 Å². The van der Waals surface area contributed by atoms with Gasteiger partial charge in [-0.2, -0.15) is 18.4 Å². The van der Waals surface area contributed by atoms with Crippen LogP contribution in [0.15, 0.2) is 0 Å². The molecule has 0 radical (unpaired) electrons. The third kappa shape index (κ3) is 6.45. The highest BCUT2D eigenvalue weighted by Crippen LogP contribution is 2.27. The fraction of sp³-hybridized carbons (Fsp3) is 0.667. The molecule has 0 unspecified atom stereocenters. The Balaban J connectivity index is 2.48. The monoisotopic (exact) mass is 338 g/mol. The number of hydrogen-bond acceptors (Lipinski definition) is 6. The molecular weight excluding hydrogens is 320 g/mol. The van der Waals surface area contributed by atoms with Gasteiger partial charge in [-0.3, -0.25) is 4.55 Å². The Morgan fingerprint density at radius 2 is 1.76 bits per heavy atom. The van der Waals surface area contributed by atoms with Gasteiger partial charge in [0, 0.05) is 0 Å². The summed E-state index contributed by atoms with van der Waals surface area (Å²) in [7, 11) is -0.925. The highest BCUT2D eigenvalue weighted by Gasteiger charge is 2.14. The van der Waals surface area contributed by atoms with Crippen LogP contribution in [-0.2, 0) is 16.5 Å². The summed E-state index contributed by atoms with van der Waals surface area (Å²) < 4.78 is 39.8. The zero-order valence-corrected chi connectivity index (χ0v) is 13.6. The minimum atomic E-state index is -3.86. The molecule has 1 aromatic heterocycles. The van der Waals surface area contributed by atoms with Gasteiger partial charge in [0.05, 0.1) is 25.5 Å². The van der Waals surface area contributed by atoms with Crippen molar-refractivity contribution in [1.29, 1.82) is 0 Å². The predicted octanol–water partition coefficient (Wildman–Crippen LogP) is 2.14. The lowest BCUT2D eigenvalue weighted by Gasteiger charge is -2.10. The Bertz CT molecular complexity index is 565. The number of hydrogen-bond donors (Lipinski definition) is 1. The molecule has 0 aliphatic heterocycles. The van der Waals surface area contributed by atoms with Gasteiger partial charge in [0.15, 0.2) is 0 Å². The lowest BCUT2D eigenvalue weighted by molar-refractivity contribution is 0.348. The average Bonchev–Trinajstić information content (AvgIpc) is 2.42. The average molecular weight is 339 g/mol. The fourth-order valence-electron chi connectivity index (χ4n) is 1.83. The molecule has 1 heterocycles. The maximum atomic E-state index is 10.6. The molecule has 0 amide bonds. The molecule has 0 fully saturated rings. The normalized spacial score (nSPS) is 11.4. The van der Waals surface area contributed by atoms with Gasteiger partial charge in [-0.1, -0.05) is 24.4 Å². The zero-order valence-electron chi connectivity index (χ0n) is 12.0. The highest BCUT2D eigenvalue weighted by atomic mass is 35.5. The number of unbranched alkanes of at least 4 members (excludes halogenated alkanes) is 3. The van der Waals surface area contributed by atoms with E-state index >= 15 is 0 Å². The van der Waals surface area contributed by atoms with Gasteiger partial charge in [-0.15, -0.1) is 0 Å². The summed E-state index contributed by atoms with van der Waals surface area (Å²) in [5, 5.41) is 0.289. The Morgan fingerprint density at radius 1 is 1.10 bits per heavy atom. The van der Waals surface area contributed by atoms with Crippen LogP contribution in [0.3, 0.4) is 0 Å². The first kappa shape index (κ1) is 17.9. The van der Waals surface area contributed by atoms with Crippen molar-refractivity contribution in [3.8, 4) is 11.9 Å². The first-order valence-electron chi connectivity index (χ1n) is 6.47. The van der Waals surface area contributed by atoms with Crippen molar-refractivity contribution in [1.82, 2.24) is 9.97 Å². The Morgan fingerprint density at radius 3 is 2.33 bits per heavy atom. The standard InChI is InChI=1S/C12H19ClN2O5S/c1-19-11-9(10(13)14-12(15-11)20-2)7-5-3-4-6-8-21(16,17)18/h3-8H2,1-2H3,(H,16,17,18). The number of rotatable bonds is 9. The Labute approximate surface area is 129 Å². The van der Waals surface area contributed by atoms with E-state index in [0.717, 1.165) is 12.8 Å². The molecule has 0 aliphatic carbocycles. The largest absolute Gasteiger partial charge is 0.481 e. The number of halogens is 1. The van der Waals surface area contributed by atoms with Crippen molar-refractivity contribution < 1.29 is 22.4 Å². The molecular formula is C12H19ClN2O5S. The summed E-state index contributed by atoms with van der Waals surface area (Å²) in [6, 6.07) is 0.147. The Hall–Kier alpha value is -1.12. The molecule has 120 valence electrons. The zero-order chi connectivity index (χ0) is 15.9. The molecule has 0 saturated carbocycles. The summed E-state index contributed by atoms with van der Waals surface area (Å²) in [6.45, 7) is 0. The predicted molar refractivity (Wildman–Crippen MR) is 78.7 cm³/mol. The molecule has 1 aromatic rings. The van der Waals surface area contributed by atoms with Crippen molar-refractivity contribution in [2.75, 3.05) is 20.0 Å². The number of methoxy groups -OCH3 is 2.